The normalized spacial score (nSPS) is 17.6. The van der Waals surface area contributed by atoms with Crippen LogP contribution in [-0.4, -0.2) is 52.7 Å². The quantitative estimate of drug-likeness (QED) is 0.386. The second kappa shape index (κ2) is 7.91. The van der Waals surface area contributed by atoms with E-state index in [9.17, 15) is 10.0 Å². The van der Waals surface area contributed by atoms with Gasteiger partial charge in [-0.1, -0.05) is 12.1 Å². The van der Waals surface area contributed by atoms with E-state index in [0.29, 0.717) is 35.9 Å². The summed E-state index contributed by atoms with van der Waals surface area (Å²) >= 11 is 0. The number of hydrogen-bond acceptors (Lipinski definition) is 4. The highest BCUT2D eigenvalue weighted by atomic mass is 16.7. The van der Waals surface area contributed by atoms with Crippen LogP contribution in [0.2, 0.25) is 0 Å². The zero-order valence-electron chi connectivity index (χ0n) is 15.5. The van der Waals surface area contributed by atoms with Gasteiger partial charge in [0.05, 0.1) is 30.7 Å². The number of rotatable bonds is 4. The summed E-state index contributed by atoms with van der Waals surface area (Å²) in [4.78, 5) is 22.9. The van der Waals surface area contributed by atoms with E-state index in [2.05, 4.69) is 15.4 Å². The third kappa shape index (κ3) is 4.99. The molecular formula is C17H24N6O3. The van der Waals surface area contributed by atoms with E-state index in [1.165, 1.54) is 5.01 Å². The highest BCUT2D eigenvalue weighted by Gasteiger charge is 2.30. The number of likely N-dealkylation sites (tertiary alicyclic amines) is 1. The topological polar surface area (TPSA) is 87.6 Å². The fourth-order valence-corrected chi connectivity index (χ4v) is 2.27. The standard InChI is InChI=1S/C17H24N6O3/c1-17(2,3)21(5)23(25)20-26-15-9-10-22(12-15)16(24)19-14-8-6-7-13(11-14)18-4/h6-8,11,15H,9-10,12H2,1-3,5H3,(H,19,24)/b23-20-/t15-/m1/s1. The van der Waals surface area contributed by atoms with Crippen LogP contribution in [-0.2, 0) is 4.84 Å². The number of amides is 2. The second-order valence-electron chi connectivity index (χ2n) is 7.08. The van der Waals surface area contributed by atoms with Crippen molar-refractivity contribution in [2.45, 2.75) is 38.8 Å². The van der Waals surface area contributed by atoms with Gasteiger partial charge in [-0.15, -0.1) is 5.01 Å². The molecule has 26 heavy (non-hydrogen) atoms. The van der Waals surface area contributed by atoms with E-state index >= 15 is 0 Å². The van der Waals surface area contributed by atoms with Crippen molar-refractivity contribution in [3.8, 4) is 0 Å². The maximum Gasteiger partial charge on any atom is 0.321 e. The molecular weight excluding hydrogens is 336 g/mol. The summed E-state index contributed by atoms with van der Waals surface area (Å²) in [6.45, 7) is 13.5. The molecule has 0 saturated carbocycles. The summed E-state index contributed by atoms with van der Waals surface area (Å²) < 4.78 is 0. The van der Waals surface area contributed by atoms with E-state index in [0.717, 1.165) is 0 Å². The fraction of sp³-hybridized carbons (Fsp3) is 0.529. The molecule has 0 radical (unpaired) electrons. The monoisotopic (exact) mass is 360 g/mol. The van der Waals surface area contributed by atoms with Crippen LogP contribution >= 0.6 is 0 Å². The lowest BCUT2D eigenvalue weighted by Crippen LogP contribution is -2.42. The summed E-state index contributed by atoms with van der Waals surface area (Å²) in [5.74, 6) is 0. The molecule has 140 valence electrons. The summed E-state index contributed by atoms with van der Waals surface area (Å²) in [6.07, 6.45) is 0.256. The van der Waals surface area contributed by atoms with Gasteiger partial charge in [-0.25, -0.2) is 9.64 Å². The van der Waals surface area contributed by atoms with Crippen molar-refractivity contribution in [3.63, 3.8) is 0 Å². The molecule has 0 aromatic heterocycles. The number of hydrazine groups is 1. The number of benzene rings is 1. The molecule has 9 nitrogen and oxygen atoms in total. The summed E-state index contributed by atoms with van der Waals surface area (Å²) in [5.41, 5.74) is 0.647. The van der Waals surface area contributed by atoms with E-state index in [4.69, 9.17) is 11.4 Å². The Hall–Kier alpha value is -3.02. The van der Waals surface area contributed by atoms with E-state index in [1.54, 1.807) is 36.2 Å². The van der Waals surface area contributed by atoms with Gasteiger partial charge in [-0.2, -0.15) is 0 Å². The maximum absolute atomic E-state index is 12.3. The SMILES string of the molecule is [C-]#[N+]c1cccc(NC(=O)N2CC[C@@H](O/N=[N+](\[O-])N(C)C(C)(C)C)C2)c1. The molecule has 1 aromatic carbocycles. The fourth-order valence-electron chi connectivity index (χ4n) is 2.27. The van der Waals surface area contributed by atoms with Gasteiger partial charge in [-0.05, 0) is 32.9 Å². The average Bonchev–Trinajstić information content (AvgIpc) is 3.07. The van der Waals surface area contributed by atoms with Crippen molar-refractivity contribution in [1.29, 1.82) is 0 Å². The molecule has 1 atom stereocenters. The Morgan fingerprint density at radius 3 is 2.92 bits per heavy atom. The summed E-state index contributed by atoms with van der Waals surface area (Å²) in [6, 6.07) is 6.45. The molecule has 0 unspecified atom stereocenters. The molecule has 1 N–H and O–H groups in total. The Labute approximate surface area is 153 Å². The largest absolute Gasteiger partial charge is 0.569 e. The first-order valence-electron chi connectivity index (χ1n) is 8.32. The number of urea groups is 1. The smallest absolute Gasteiger partial charge is 0.321 e. The first kappa shape index (κ1) is 19.3. The molecule has 1 aliphatic rings. The molecule has 1 aromatic rings. The van der Waals surface area contributed by atoms with Crippen LogP contribution in [0.15, 0.2) is 29.5 Å². The van der Waals surface area contributed by atoms with E-state index < -0.39 is 0 Å². The third-order valence-corrected chi connectivity index (χ3v) is 4.15. The highest BCUT2D eigenvalue weighted by Crippen LogP contribution is 2.20. The van der Waals surface area contributed by atoms with Crippen molar-refractivity contribution in [3.05, 3.63) is 40.9 Å². The maximum atomic E-state index is 12.3. The predicted molar refractivity (Wildman–Crippen MR) is 96.4 cm³/mol. The van der Waals surface area contributed by atoms with Gasteiger partial charge in [0.1, 0.15) is 0 Å². The Morgan fingerprint density at radius 1 is 1.54 bits per heavy atom. The van der Waals surface area contributed by atoms with Gasteiger partial charge in [0.25, 0.3) is 0 Å². The van der Waals surface area contributed by atoms with Crippen LogP contribution in [0.25, 0.3) is 4.85 Å². The van der Waals surface area contributed by atoms with Crippen LogP contribution in [0, 0.1) is 11.8 Å². The van der Waals surface area contributed by atoms with Gasteiger partial charge < -0.3 is 20.3 Å². The van der Waals surface area contributed by atoms with Crippen molar-refractivity contribution >= 4 is 17.4 Å². The Balaban J connectivity index is 1.88. The third-order valence-electron chi connectivity index (χ3n) is 4.15. The van der Waals surface area contributed by atoms with Gasteiger partial charge in [0, 0.05) is 18.7 Å². The number of carbonyl (C=O) groups excluding carboxylic acids is 1. The molecule has 1 aliphatic heterocycles. The first-order valence-corrected chi connectivity index (χ1v) is 8.32. The second-order valence-corrected chi connectivity index (χ2v) is 7.08. The highest BCUT2D eigenvalue weighted by molar-refractivity contribution is 5.90. The van der Waals surface area contributed by atoms with Gasteiger partial charge >= 0.3 is 6.03 Å². The molecule has 2 rings (SSSR count). The zero-order chi connectivity index (χ0) is 19.3. The lowest BCUT2D eigenvalue weighted by atomic mass is 10.1. The lowest BCUT2D eigenvalue weighted by molar-refractivity contribution is -0.720. The number of nitrogens with one attached hydrogen (secondary N) is 1. The summed E-state index contributed by atoms with van der Waals surface area (Å²) in [7, 11) is 1.63. The van der Waals surface area contributed by atoms with Crippen LogP contribution in [0.5, 0.6) is 0 Å². The molecule has 0 spiro atoms. The Morgan fingerprint density at radius 2 is 2.27 bits per heavy atom. The molecule has 2 amide bonds. The van der Waals surface area contributed by atoms with Crippen LogP contribution < -0.4 is 5.32 Å². The molecule has 0 aliphatic carbocycles. The van der Waals surface area contributed by atoms with Crippen molar-refractivity contribution in [2.75, 3.05) is 25.5 Å². The minimum absolute atomic E-state index is 0.274. The summed E-state index contributed by atoms with van der Waals surface area (Å²) in [5, 5.41) is 19.7. The molecule has 1 saturated heterocycles. The average molecular weight is 360 g/mol. The number of carbonyl (C=O) groups is 1. The lowest BCUT2D eigenvalue weighted by Gasteiger charge is -2.26. The Bertz CT molecular complexity index is 722. The number of anilines is 1. The van der Waals surface area contributed by atoms with Gasteiger partial charge in [0.15, 0.2) is 11.8 Å². The molecule has 1 heterocycles. The molecule has 0 bridgehead atoms. The number of nitrogens with zero attached hydrogens (tertiary/aromatic N) is 5. The van der Waals surface area contributed by atoms with E-state index in [1.807, 2.05) is 20.8 Å². The van der Waals surface area contributed by atoms with Crippen molar-refractivity contribution in [1.82, 2.24) is 9.91 Å². The zero-order valence-corrected chi connectivity index (χ0v) is 15.5. The molecule has 1 fully saturated rings. The minimum atomic E-state index is -0.379. The van der Waals surface area contributed by atoms with Gasteiger partial charge in [0.2, 0.25) is 5.28 Å². The Kier molecular flexibility index (Phi) is 5.87. The van der Waals surface area contributed by atoms with Crippen molar-refractivity contribution in [2.24, 2.45) is 5.28 Å². The molecule has 9 heteroatoms. The van der Waals surface area contributed by atoms with Crippen LogP contribution in [0.1, 0.15) is 27.2 Å². The number of hydrogen-bond donors (Lipinski definition) is 1. The van der Waals surface area contributed by atoms with E-state index in [-0.39, 0.29) is 17.7 Å². The van der Waals surface area contributed by atoms with Crippen molar-refractivity contribution < 1.29 is 14.6 Å². The first-order chi connectivity index (χ1) is 12.2. The van der Waals surface area contributed by atoms with Crippen LogP contribution in [0.3, 0.4) is 0 Å². The van der Waals surface area contributed by atoms with Crippen LogP contribution in [0.4, 0.5) is 16.2 Å². The van der Waals surface area contributed by atoms with Gasteiger partial charge in [-0.3, -0.25) is 0 Å². The predicted octanol–water partition coefficient (Wildman–Crippen LogP) is 3.38. The minimum Gasteiger partial charge on any atom is -0.569 e.